The average Bonchev–Trinajstić information content (AvgIpc) is 2.77. The van der Waals surface area contributed by atoms with Crippen molar-refractivity contribution >= 4 is 11.7 Å². The van der Waals surface area contributed by atoms with Crippen molar-refractivity contribution in [2.45, 2.75) is 18.9 Å². The van der Waals surface area contributed by atoms with E-state index in [1.54, 1.807) is 0 Å². The number of allylic oxidation sites excluding steroid dienone is 1. The SMILES string of the molecule is O=C(OC1CC2CC=CC21)c1ccc([N+](=O)[O-])cc1. The molecule has 5 nitrogen and oxygen atoms in total. The minimum Gasteiger partial charge on any atom is -0.458 e. The normalized spacial score (nSPS) is 27.5. The maximum absolute atomic E-state index is 11.9. The number of nitro groups is 1. The Morgan fingerprint density at radius 2 is 2.05 bits per heavy atom. The van der Waals surface area contributed by atoms with E-state index in [0.717, 1.165) is 12.8 Å². The molecular formula is C14H13NO4. The molecule has 0 heterocycles. The lowest BCUT2D eigenvalue weighted by atomic mass is 9.73. The highest BCUT2D eigenvalue weighted by Crippen LogP contribution is 2.44. The summed E-state index contributed by atoms with van der Waals surface area (Å²) in [6.07, 6.45) is 6.20. The first-order valence-electron chi connectivity index (χ1n) is 6.27. The van der Waals surface area contributed by atoms with Gasteiger partial charge in [-0.3, -0.25) is 10.1 Å². The third-order valence-corrected chi connectivity index (χ3v) is 3.88. The summed E-state index contributed by atoms with van der Waals surface area (Å²) in [5.74, 6) is 0.593. The van der Waals surface area contributed by atoms with Gasteiger partial charge in [-0.25, -0.2) is 4.79 Å². The van der Waals surface area contributed by atoms with Crippen molar-refractivity contribution in [3.8, 4) is 0 Å². The molecule has 0 spiro atoms. The molecule has 1 saturated carbocycles. The van der Waals surface area contributed by atoms with Crippen molar-refractivity contribution in [1.29, 1.82) is 0 Å². The Bertz CT molecular complexity index is 549. The highest BCUT2D eigenvalue weighted by molar-refractivity contribution is 5.89. The zero-order valence-corrected chi connectivity index (χ0v) is 10.2. The van der Waals surface area contributed by atoms with E-state index >= 15 is 0 Å². The van der Waals surface area contributed by atoms with Gasteiger partial charge >= 0.3 is 5.97 Å². The molecule has 3 unspecified atom stereocenters. The fourth-order valence-electron chi connectivity index (χ4n) is 2.72. The molecule has 0 aliphatic heterocycles. The van der Waals surface area contributed by atoms with Crippen molar-refractivity contribution in [3.05, 3.63) is 52.1 Å². The third kappa shape index (κ3) is 2.12. The number of benzene rings is 1. The molecule has 1 aromatic rings. The summed E-state index contributed by atoms with van der Waals surface area (Å²) in [5, 5.41) is 10.5. The monoisotopic (exact) mass is 259 g/mol. The summed E-state index contributed by atoms with van der Waals surface area (Å²) in [6.45, 7) is 0. The second kappa shape index (κ2) is 4.50. The van der Waals surface area contributed by atoms with Crippen LogP contribution in [0.4, 0.5) is 5.69 Å². The van der Waals surface area contributed by atoms with Crippen LogP contribution in [0.15, 0.2) is 36.4 Å². The Kier molecular flexibility index (Phi) is 2.81. The number of hydrogen-bond donors (Lipinski definition) is 0. The van der Waals surface area contributed by atoms with Gasteiger partial charge < -0.3 is 4.74 Å². The largest absolute Gasteiger partial charge is 0.458 e. The number of carbonyl (C=O) groups excluding carboxylic acids is 1. The molecule has 5 heteroatoms. The van der Waals surface area contributed by atoms with Crippen LogP contribution in [-0.4, -0.2) is 17.0 Å². The second-order valence-electron chi connectivity index (χ2n) is 4.98. The summed E-state index contributed by atoms with van der Waals surface area (Å²) in [5.41, 5.74) is 0.329. The Morgan fingerprint density at radius 3 is 2.68 bits per heavy atom. The van der Waals surface area contributed by atoms with Gasteiger partial charge in [0.25, 0.3) is 5.69 Å². The number of non-ortho nitro benzene ring substituents is 1. The molecule has 0 bridgehead atoms. The van der Waals surface area contributed by atoms with Gasteiger partial charge in [0, 0.05) is 18.1 Å². The quantitative estimate of drug-likeness (QED) is 0.362. The van der Waals surface area contributed by atoms with E-state index in [4.69, 9.17) is 4.74 Å². The van der Waals surface area contributed by atoms with Crippen LogP contribution in [0.5, 0.6) is 0 Å². The molecular weight excluding hydrogens is 246 g/mol. The van der Waals surface area contributed by atoms with Crippen LogP contribution in [-0.2, 0) is 4.74 Å². The summed E-state index contributed by atoms with van der Waals surface area (Å²) >= 11 is 0. The molecule has 2 aliphatic rings. The molecule has 0 saturated heterocycles. The Hall–Kier alpha value is -2.17. The molecule has 1 aromatic carbocycles. The first-order valence-corrected chi connectivity index (χ1v) is 6.27. The maximum atomic E-state index is 11.9. The van der Waals surface area contributed by atoms with Crippen LogP contribution in [0.1, 0.15) is 23.2 Å². The fraction of sp³-hybridized carbons (Fsp3) is 0.357. The topological polar surface area (TPSA) is 69.4 Å². The molecule has 98 valence electrons. The van der Waals surface area contributed by atoms with Gasteiger partial charge in [-0.1, -0.05) is 12.2 Å². The Labute approximate surface area is 110 Å². The summed E-state index contributed by atoms with van der Waals surface area (Å²) in [6, 6.07) is 5.49. The predicted molar refractivity (Wildman–Crippen MR) is 67.7 cm³/mol. The lowest BCUT2D eigenvalue weighted by molar-refractivity contribution is -0.384. The molecule has 1 fully saturated rings. The van der Waals surface area contributed by atoms with E-state index < -0.39 is 10.9 Å². The minimum atomic E-state index is -0.491. The van der Waals surface area contributed by atoms with Crippen LogP contribution in [0, 0.1) is 22.0 Å². The van der Waals surface area contributed by atoms with Crippen LogP contribution in [0.2, 0.25) is 0 Å². The summed E-state index contributed by atoms with van der Waals surface area (Å²) in [4.78, 5) is 21.9. The standard InChI is InChI=1S/C14H13NO4/c16-14(9-4-6-11(7-5-9)15(17)18)19-13-8-10-2-1-3-12(10)13/h1,3-7,10,12-13H,2,8H2. The third-order valence-electron chi connectivity index (χ3n) is 3.88. The number of rotatable bonds is 3. The van der Waals surface area contributed by atoms with Crippen molar-refractivity contribution in [1.82, 2.24) is 0 Å². The van der Waals surface area contributed by atoms with Crippen molar-refractivity contribution in [2.75, 3.05) is 0 Å². The number of fused-ring (bicyclic) bond motifs is 1. The molecule has 2 aliphatic carbocycles. The first kappa shape index (κ1) is 11.9. The Balaban J connectivity index is 1.64. The minimum absolute atomic E-state index is 0.0287. The highest BCUT2D eigenvalue weighted by Gasteiger charge is 2.43. The number of hydrogen-bond acceptors (Lipinski definition) is 4. The van der Waals surface area contributed by atoms with Crippen molar-refractivity contribution in [3.63, 3.8) is 0 Å². The van der Waals surface area contributed by atoms with Gasteiger partial charge in [0.05, 0.1) is 10.5 Å². The molecule has 0 amide bonds. The van der Waals surface area contributed by atoms with E-state index in [2.05, 4.69) is 12.2 Å². The highest BCUT2D eigenvalue weighted by atomic mass is 16.6. The van der Waals surface area contributed by atoms with Crippen LogP contribution in [0.25, 0.3) is 0 Å². The van der Waals surface area contributed by atoms with Gasteiger partial charge in [0.1, 0.15) is 6.10 Å². The first-order chi connectivity index (χ1) is 9.15. The molecule has 3 atom stereocenters. The van der Waals surface area contributed by atoms with Crippen LogP contribution in [0.3, 0.4) is 0 Å². The number of nitrogens with zero attached hydrogens (tertiary/aromatic N) is 1. The maximum Gasteiger partial charge on any atom is 0.338 e. The lowest BCUT2D eigenvalue weighted by Gasteiger charge is -2.39. The molecule has 0 aromatic heterocycles. The number of carbonyl (C=O) groups is 1. The predicted octanol–water partition coefficient (Wildman–Crippen LogP) is 2.72. The van der Waals surface area contributed by atoms with Gasteiger partial charge in [-0.15, -0.1) is 0 Å². The zero-order chi connectivity index (χ0) is 13.4. The number of nitro benzene ring substituents is 1. The summed E-state index contributed by atoms with van der Waals surface area (Å²) in [7, 11) is 0. The van der Waals surface area contributed by atoms with Gasteiger partial charge in [0.2, 0.25) is 0 Å². The molecule has 0 radical (unpaired) electrons. The van der Waals surface area contributed by atoms with E-state index in [1.807, 2.05) is 0 Å². The van der Waals surface area contributed by atoms with E-state index in [1.165, 1.54) is 24.3 Å². The van der Waals surface area contributed by atoms with Crippen LogP contribution >= 0.6 is 0 Å². The molecule has 0 N–H and O–H groups in total. The van der Waals surface area contributed by atoms with Crippen LogP contribution < -0.4 is 0 Å². The molecule has 3 rings (SSSR count). The van der Waals surface area contributed by atoms with E-state index in [0.29, 0.717) is 17.4 Å². The molecule has 19 heavy (non-hydrogen) atoms. The number of ether oxygens (including phenoxy) is 1. The van der Waals surface area contributed by atoms with E-state index in [-0.39, 0.29) is 11.8 Å². The lowest BCUT2D eigenvalue weighted by Crippen LogP contribution is -2.41. The number of esters is 1. The zero-order valence-electron chi connectivity index (χ0n) is 10.2. The second-order valence-corrected chi connectivity index (χ2v) is 4.98. The summed E-state index contributed by atoms with van der Waals surface area (Å²) < 4.78 is 5.43. The van der Waals surface area contributed by atoms with Gasteiger partial charge in [0.15, 0.2) is 0 Å². The average molecular weight is 259 g/mol. The van der Waals surface area contributed by atoms with Gasteiger partial charge in [-0.05, 0) is 30.9 Å². The van der Waals surface area contributed by atoms with Gasteiger partial charge in [-0.2, -0.15) is 0 Å². The fourth-order valence-corrected chi connectivity index (χ4v) is 2.72. The van der Waals surface area contributed by atoms with E-state index in [9.17, 15) is 14.9 Å². The Morgan fingerprint density at radius 1 is 1.32 bits per heavy atom. The smallest absolute Gasteiger partial charge is 0.338 e. The van der Waals surface area contributed by atoms with Crippen molar-refractivity contribution in [2.24, 2.45) is 11.8 Å². The van der Waals surface area contributed by atoms with Crippen molar-refractivity contribution < 1.29 is 14.5 Å².